The fourth-order valence-electron chi connectivity index (χ4n) is 7.10. The van der Waals surface area contributed by atoms with Crippen molar-refractivity contribution >= 4 is 46.6 Å². The summed E-state index contributed by atoms with van der Waals surface area (Å²) in [5.74, 6) is 0. The largest absolute Gasteiger partial charge is 1.00 e. The van der Waals surface area contributed by atoms with Crippen LogP contribution >= 0.6 is 23.2 Å². The number of carbonyl (C=O) groups excluding carboxylic acids is 2. The van der Waals surface area contributed by atoms with Crippen molar-refractivity contribution < 1.29 is 31.1 Å². The minimum Gasteiger partial charge on any atom is -1.00 e. The van der Waals surface area contributed by atoms with Crippen LogP contribution in [0.25, 0.3) is 0 Å². The Balaban J connectivity index is 0.000000310. The summed E-state index contributed by atoms with van der Waals surface area (Å²) < 4.78 is 0.900. The predicted octanol–water partition coefficient (Wildman–Crippen LogP) is 8.62. The predicted molar refractivity (Wildman–Crippen MR) is 259 cm³/mol. The highest BCUT2D eigenvalue weighted by atomic mass is 79.9. The van der Waals surface area contributed by atoms with Gasteiger partial charge in [0.25, 0.3) is 0 Å². The molecule has 0 aliphatic rings. The van der Waals surface area contributed by atoms with Gasteiger partial charge in [0.2, 0.25) is 0 Å². The van der Waals surface area contributed by atoms with Gasteiger partial charge in [0.05, 0.1) is 13.1 Å². The normalized spacial score (nSPS) is 10.7. The summed E-state index contributed by atoms with van der Waals surface area (Å²) in [7, 11) is 0. The molecule has 6 aromatic rings. The number of quaternary nitrogens is 1. The van der Waals surface area contributed by atoms with Crippen LogP contribution in [0.4, 0.5) is 21.0 Å². The molecule has 0 saturated heterocycles. The first-order chi connectivity index (χ1) is 30.1. The first-order valence-corrected chi connectivity index (χ1v) is 22.2. The van der Waals surface area contributed by atoms with Crippen LogP contribution in [0, 0.1) is 13.8 Å². The summed E-state index contributed by atoms with van der Waals surface area (Å²) in [6.45, 7) is 11.1. The number of hydrogen-bond donors (Lipinski definition) is 5. The molecule has 4 amide bonds. The molecule has 0 atom stereocenters. The van der Waals surface area contributed by atoms with Crippen LogP contribution in [0.5, 0.6) is 0 Å². The molecule has 0 unspecified atom stereocenters. The molecule has 63 heavy (non-hydrogen) atoms. The van der Waals surface area contributed by atoms with E-state index >= 15 is 0 Å². The van der Waals surface area contributed by atoms with Gasteiger partial charge in [-0.2, -0.15) is 0 Å². The number of carbonyl (C=O) groups is 2. The summed E-state index contributed by atoms with van der Waals surface area (Å²) in [6.07, 6.45) is 3.69. The molecule has 0 aromatic heterocycles. The van der Waals surface area contributed by atoms with E-state index in [1.54, 1.807) is 0 Å². The van der Waals surface area contributed by atoms with Gasteiger partial charge in [-0.1, -0.05) is 144 Å². The van der Waals surface area contributed by atoms with Gasteiger partial charge in [0, 0.05) is 58.5 Å². The number of nitrogens with one attached hydrogen (secondary N) is 5. The zero-order valence-electron chi connectivity index (χ0n) is 36.4. The maximum absolute atomic E-state index is 12.5. The lowest BCUT2D eigenvalue weighted by Gasteiger charge is -2.39. The van der Waals surface area contributed by atoms with Crippen molar-refractivity contribution in [2.45, 2.75) is 52.6 Å². The minimum absolute atomic E-state index is 0. The molecule has 0 saturated carbocycles. The van der Waals surface area contributed by atoms with Gasteiger partial charge < -0.3 is 48.0 Å². The number of aryl methyl sites for hydroxylation is 2. The Morgan fingerprint density at radius 1 is 0.460 bits per heavy atom. The lowest BCUT2D eigenvalue weighted by Crippen LogP contribution is -3.00. The van der Waals surface area contributed by atoms with Gasteiger partial charge in [0.1, 0.15) is 13.1 Å². The number of urea groups is 2. The molecule has 8 nitrogen and oxygen atoms in total. The first kappa shape index (κ1) is 50.5. The second-order valence-corrected chi connectivity index (χ2v) is 16.7. The van der Waals surface area contributed by atoms with E-state index in [4.69, 9.17) is 23.2 Å². The molecule has 6 rings (SSSR count). The highest BCUT2D eigenvalue weighted by Gasteiger charge is 2.28. The number of rotatable bonds is 20. The van der Waals surface area contributed by atoms with E-state index in [9.17, 15) is 9.59 Å². The van der Waals surface area contributed by atoms with Crippen LogP contribution in [0.1, 0.15) is 46.2 Å². The molecule has 0 heterocycles. The quantitative estimate of drug-likeness (QED) is 0.0392. The van der Waals surface area contributed by atoms with E-state index in [-0.39, 0.29) is 29.0 Å². The standard InChI is InChI=1S/C34H38ClN3O.C18H22ClN3O.BrH/c1-27-9-13-30(14-10-27)25-38(26-31-15-11-28(2)12-16-31,24-21-29-17-19-32(35)20-18-29)23-6-22-36-34(39)37-33-7-4-3-5-8-33;19-16-9-7-15(8-10-16)11-14-20-12-4-13-21-18(23)22-17-5-2-1-3-6-17;/h3-5,7-20H,6,21-26H2,1-2H3,(H-,36,37,39);1-3,5-10,20H,4,11-14H2,(H2,21,22,23);1H. The lowest BCUT2D eigenvalue weighted by molar-refractivity contribution is -0.953. The van der Waals surface area contributed by atoms with Gasteiger partial charge in [0.15, 0.2) is 0 Å². The number of halogens is 3. The summed E-state index contributed by atoms with van der Waals surface area (Å²) in [4.78, 5) is 24.1. The fraction of sp³-hybridized carbons (Fsp3) is 0.269. The molecule has 6 aromatic carbocycles. The van der Waals surface area contributed by atoms with Gasteiger partial charge in [-0.05, 0) is 99.4 Å². The van der Waals surface area contributed by atoms with E-state index in [0.29, 0.717) is 13.1 Å². The Kier molecular flexibility index (Phi) is 22.3. The van der Waals surface area contributed by atoms with Crippen molar-refractivity contribution in [3.05, 3.63) is 201 Å². The van der Waals surface area contributed by atoms with E-state index < -0.39 is 0 Å². The second-order valence-electron chi connectivity index (χ2n) is 15.8. The van der Waals surface area contributed by atoms with Gasteiger partial charge in [-0.15, -0.1) is 0 Å². The Bertz CT molecular complexity index is 2150. The molecule has 332 valence electrons. The highest BCUT2D eigenvalue weighted by Crippen LogP contribution is 2.24. The third-order valence-corrected chi connectivity index (χ3v) is 11.0. The topological polar surface area (TPSA) is 94.3 Å². The fourth-order valence-corrected chi connectivity index (χ4v) is 7.35. The smallest absolute Gasteiger partial charge is 0.319 e. The van der Waals surface area contributed by atoms with Crippen molar-refractivity contribution in [2.75, 3.05) is 49.9 Å². The molecule has 0 bridgehead atoms. The van der Waals surface area contributed by atoms with Crippen molar-refractivity contribution in [1.82, 2.24) is 16.0 Å². The maximum Gasteiger partial charge on any atom is 0.319 e. The van der Waals surface area contributed by atoms with Crippen LogP contribution in [-0.2, 0) is 25.9 Å². The minimum atomic E-state index is -0.169. The summed E-state index contributed by atoms with van der Waals surface area (Å²) in [5.41, 5.74) is 9.35. The summed E-state index contributed by atoms with van der Waals surface area (Å²) >= 11 is 12.0. The average molecular weight is 953 g/mol. The van der Waals surface area contributed by atoms with E-state index in [1.807, 2.05) is 97.1 Å². The average Bonchev–Trinajstić information content (AvgIpc) is 3.28. The molecule has 11 heteroatoms. The van der Waals surface area contributed by atoms with Crippen LogP contribution in [-0.4, -0.2) is 55.8 Å². The van der Waals surface area contributed by atoms with E-state index in [2.05, 4.69) is 101 Å². The Hall–Kier alpha value is -5.16. The Labute approximate surface area is 395 Å². The summed E-state index contributed by atoms with van der Waals surface area (Å²) in [5, 5.41) is 16.5. The van der Waals surface area contributed by atoms with Gasteiger partial charge in [-0.3, -0.25) is 0 Å². The zero-order chi connectivity index (χ0) is 43.8. The number of benzene rings is 6. The maximum atomic E-state index is 12.5. The van der Waals surface area contributed by atoms with Gasteiger partial charge in [-0.25, -0.2) is 9.59 Å². The van der Waals surface area contributed by atoms with Crippen LogP contribution in [0.15, 0.2) is 158 Å². The van der Waals surface area contributed by atoms with Crippen molar-refractivity contribution in [2.24, 2.45) is 0 Å². The van der Waals surface area contributed by atoms with Crippen molar-refractivity contribution in [3.63, 3.8) is 0 Å². The Morgan fingerprint density at radius 3 is 1.33 bits per heavy atom. The van der Waals surface area contributed by atoms with E-state index in [0.717, 1.165) is 90.9 Å². The monoisotopic (exact) mass is 950 g/mol. The number of amides is 4. The number of hydrogen-bond acceptors (Lipinski definition) is 3. The summed E-state index contributed by atoms with van der Waals surface area (Å²) in [6, 6.07) is 52.5. The first-order valence-electron chi connectivity index (χ1n) is 21.5. The van der Waals surface area contributed by atoms with Crippen LogP contribution in [0.3, 0.4) is 0 Å². The highest BCUT2D eigenvalue weighted by molar-refractivity contribution is 6.30. The van der Waals surface area contributed by atoms with Crippen molar-refractivity contribution in [1.29, 1.82) is 0 Å². The number of para-hydroxylation sites is 2. The molecule has 0 fully saturated rings. The molecule has 0 aliphatic heterocycles. The SMILES string of the molecule is Cc1ccc(C[N+](CCCNC(=O)Nc2ccccc2)(CCc2ccc(Cl)cc2)Cc2ccc(C)cc2)cc1.O=C(NCCCNCCc1ccc(Cl)cc1)Nc1ccccc1.[Br-]. The third kappa shape index (κ3) is 19.8. The Morgan fingerprint density at radius 2 is 0.873 bits per heavy atom. The molecule has 0 spiro atoms. The van der Waals surface area contributed by atoms with Crippen molar-refractivity contribution in [3.8, 4) is 0 Å². The van der Waals surface area contributed by atoms with Crippen LogP contribution < -0.4 is 43.6 Å². The second kappa shape index (κ2) is 27.8. The van der Waals surface area contributed by atoms with E-state index in [1.165, 1.54) is 33.4 Å². The zero-order valence-corrected chi connectivity index (χ0v) is 39.5. The molecular formula is C52H61BrCl2N6O2. The lowest BCUT2D eigenvalue weighted by atomic mass is 10.0. The molecule has 0 radical (unpaired) electrons. The molecule has 5 N–H and O–H groups in total. The van der Waals surface area contributed by atoms with Crippen LogP contribution in [0.2, 0.25) is 10.0 Å². The molecule has 0 aliphatic carbocycles. The number of nitrogens with zero attached hydrogens (tertiary/aromatic N) is 1. The molecular weight excluding hydrogens is 891 g/mol. The third-order valence-electron chi connectivity index (χ3n) is 10.5. The number of anilines is 2. The van der Waals surface area contributed by atoms with Gasteiger partial charge >= 0.3 is 12.1 Å².